The van der Waals surface area contributed by atoms with E-state index in [1.807, 2.05) is 0 Å². The van der Waals surface area contributed by atoms with E-state index in [9.17, 15) is 5.11 Å². The molecule has 1 saturated heterocycles. The van der Waals surface area contributed by atoms with Gasteiger partial charge < -0.3 is 9.84 Å². The van der Waals surface area contributed by atoms with Crippen LogP contribution < -0.4 is 0 Å². The second-order valence-corrected chi connectivity index (χ2v) is 2.75. The molecule has 0 radical (unpaired) electrons. The first-order valence-corrected chi connectivity index (χ1v) is 3.38. The Hall–Kier alpha value is -0.590. The lowest BCUT2D eigenvalue weighted by Gasteiger charge is -2.20. The Morgan fingerprint density at radius 3 is 2.70 bits per heavy atom. The third-order valence-electron chi connectivity index (χ3n) is 2.07. The summed E-state index contributed by atoms with van der Waals surface area (Å²) < 4.78 is 5.03. The van der Waals surface area contributed by atoms with Gasteiger partial charge in [0.2, 0.25) is 0 Å². The van der Waals surface area contributed by atoms with E-state index in [2.05, 4.69) is 6.07 Å². The fraction of sp³-hybridized carbons (Fsp3) is 0.857. The fourth-order valence-corrected chi connectivity index (χ4v) is 1.09. The molecular formula is C7H11NO2. The normalized spacial score (nSPS) is 35.3. The second-order valence-electron chi connectivity index (χ2n) is 2.75. The minimum Gasteiger partial charge on any atom is -0.392 e. The van der Waals surface area contributed by atoms with E-state index in [-0.39, 0.29) is 0 Å². The lowest BCUT2D eigenvalue weighted by atomic mass is 9.84. The zero-order chi connectivity index (χ0) is 7.61. The molecule has 0 saturated carbocycles. The zero-order valence-corrected chi connectivity index (χ0v) is 6.00. The van der Waals surface area contributed by atoms with Gasteiger partial charge in [-0.2, -0.15) is 5.26 Å². The number of nitriles is 1. The molecule has 0 bridgehead atoms. The number of hydrogen-bond donors (Lipinski definition) is 1. The minimum atomic E-state index is -0.625. The second kappa shape index (κ2) is 2.57. The summed E-state index contributed by atoms with van der Waals surface area (Å²) in [5, 5.41) is 17.9. The zero-order valence-electron chi connectivity index (χ0n) is 6.00. The first-order valence-electron chi connectivity index (χ1n) is 3.38. The van der Waals surface area contributed by atoms with Crippen LogP contribution >= 0.6 is 0 Å². The van der Waals surface area contributed by atoms with Crippen molar-refractivity contribution in [2.45, 2.75) is 19.4 Å². The van der Waals surface area contributed by atoms with Gasteiger partial charge in [0.05, 0.1) is 18.8 Å². The smallest absolute Gasteiger partial charge is 0.108 e. The van der Waals surface area contributed by atoms with E-state index < -0.39 is 11.5 Å². The molecule has 0 aromatic rings. The molecule has 3 heteroatoms. The molecule has 1 aliphatic rings. The quantitative estimate of drug-likeness (QED) is 0.571. The van der Waals surface area contributed by atoms with Crippen LogP contribution in [0.5, 0.6) is 0 Å². The van der Waals surface area contributed by atoms with E-state index >= 15 is 0 Å². The molecule has 1 aliphatic heterocycles. The Labute approximate surface area is 60.2 Å². The molecule has 3 nitrogen and oxygen atoms in total. The summed E-state index contributed by atoms with van der Waals surface area (Å²) in [6.07, 6.45) is 0.0706. The van der Waals surface area contributed by atoms with Crippen molar-refractivity contribution in [3.63, 3.8) is 0 Å². The Kier molecular flexibility index (Phi) is 1.93. The van der Waals surface area contributed by atoms with Crippen LogP contribution in [0.1, 0.15) is 13.3 Å². The molecule has 2 atom stereocenters. The molecule has 0 aromatic carbocycles. The largest absolute Gasteiger partial charge is 0.392 e. The Morgan fingerprint density at radius 1 is 1.80 bits per heavy atom. The molecule has 10 heavy (non-hydrogen) atoms. The summed E-state index contributed by atoms with van der Waals surface area (Å²) in [7, 11) is 0. The number of nitrogens with zero attached hydrogens (tertiary/aromatic N) is 1. The van der Waals surface area contributed by atoms with Crippen LogP contribution in [0.25, 0.3) is 0 Å². The van der Waals surface area contributed by atoms with Crippen molar-refractivity contribution in [1.82, 2.24) is 0 Å². The van der Waals surface area contributed by atoms with Gasteiger partial charge in [0.25, 0.3) is 0 Å². The molecule has 0 aromatic heterocycles. The highest BCUT2D eigenvalue weighted by Gasteiger charge is 2.39. The predicted octanol–water partition coefficient (Wildman–Crippen LogP) is 0.297. The highest BCUT2D eigenvalue weighted by molar-refractivity contribution is 5.04. The Balaban J connectivity index is 2.70. The third kappa shape index (κ3) is 1.00. The first kappa shape index (κ1) is 7.52. The number of rotatable bonds is 1. The van der Waals surface area contributed by atoms with Crippen molar-refractivity contribution in [3.05, 3.63) is 0 Å². The third-order valence-corrected chi connectivity index (χ3v) is 2.07. The number of aliphatic hydroxyl groups excluding tert-OH is 1. The van der Waals surface area contributed by atoms with E-state index in [4.69, 9.17) is 10.00 Å². The van der Waals surface area contributed by atoms with E-state index in [1.165, 1.54) is 0 Å². The van der Waals surface area contributed by atoms with E-state index in [0.717, 1.165) is 0 Å². The van der Waals surface area contributed by atoms with Crippen molar-refractivity contribution >= 4 is 0 Å². The topological polar surface area (TPSA) is 53.2 Å². The maximum absolute atomic E-state index is 9.20. The standard InChI is InChI=1S/C7H11NO2/c1-6(9)7(4-8)2-3-10-5-7/h6,9H,2-3,5H2,1H3. The van der Waals surface area contributed by atoms with Crippen molar-refractivity contribution in [2.24, 2.45) is 5.41 Å². The maximum atomic E-state index is 9.20. The van der Waals surface area contributed by atoms with Gasteiger partial charge in [-0.05, 0) is 13.3 Å². The molecule has 0 spiro atoms. The molecule has 1 rings (SSSR count). The molecule has 2 unspecified atom stereocenters. The van der Waals surface area contributed by atoms with Crippen LogP contribution in [0, 0.1) is 16.7 Å². The lowest BCUT2D eigenvalue weighted by Crippen LogP contribution is -2.31. The molecule has 1 N–H and O–H groups in total. The SMILES string of the molecule is CC(O)C1(C#N)CCOC1. The minimum absolute atomic E-state index is 0.376. The fourth-order valence-electron chi connectivity index (χ4n) is 1.09. The molecule has 0 aliphatic carbocycles. The summed E-state index contributed by atoms with van der Waals surface area (Å²) in [5.74, 6) is 0. The summed E-state index contributed by atoms with van der Waals surface area (Å²) in [6, 6.07) is 2.10. The van der Waals surface area contributed by atoms with Gasteiger partial charge in [0, 0.05) is 6.61 Å². The van der Waals surface area contributed by atoms with Gasteiger partial charge in [0.15, 0.2) is 0 Å². The summed E-state index contributed by atoms with van der Waals surface area (Å²) in [4.78, 5) is 0. The summed E-state index contributed by atoms with van der Waals surface area (Å²) in [5.41, 5.74) is -0.625. The van der Waals surface area contributed by atoms with Crippen molar-refractivity contribution in [3.8, 4) is 6.07 Å². The van der Waals surface area contributed by atoms with Gasteiger partial charge in [-0.15, -0.1) is 0 Å². The van der Waals surface area contributed by atoms with Crippen LogP contribution in [0.3, 0.4) is 0 Å². The summed E-state index contributed by atoms with van der Waals surface area (Å²) in [6.45, 7) is 2.61. The molecule has 1 heterocycles. The lowest BCUT2D eigenvalue weighted by molar-refractivity contribution is 0.0649. The van der Waals surface area contributed by atoms with E-state index in [1.54, 1.807) is 6.92 Å². The Bertz CT molecular complexity index is 153. The molecule has 0 amide bonds. The highest BCUT2D eigenvalue weighted by Crippen LogP contribution is 2.31. The van der Waals surface area contributed by atoms with Crippen LogP contribution in [-0.2, 0) is 4.74 Å². The number of ether oxygens (including phenoxy) is 1. The van der Waals surface area contributed by atoms with Crippen molar-refractivity contribution in [2.75, 3.05) is 13.2 Å². The average Bonchev–Trinajstić information content (AvgIpc) is 2.35. The molecule has 1 fully saturated rings. The number of hydrogen-bond acceptors (Lipinski definition) is 3. The molecular weight excluding hydrogens is 130 g/mol. The van der Waals surface area contributed by atoms with Crippen LogP contribution in [0.2, 0.25) is 0 Å². The first-order chi connectivity index (χ1) is 4.71. The van der Waals surface area contributed by atoms with Gasteiger partial charge in [0.1, 0.15) is 5.41 Å². The highest BCUT2D eigenvalue weighted by atomic mass is 16.5. The van der Waals surface area contributed by atoms with Gasteiger partial charge in [-0.1, -0.05) is 0 Å². The van der Waals surface area contributed by atoms with Crippen molar-refractivity contribution < 1.29 is 9.84 Å². The summed E-state index contributed by atoms with van der Waals surface area (Å²) >= 11 is 0. The van der Waals surface area contributed by atoms with Crippen LogP contribution in [0.4, 0.5) is 0 Å². The van der Waals surface area contributed by atoms with Gasteiger partial charge in [-0.3, -0.25) is 0 Å². The van der Waals surface area contributed by atoms with E-state index in [0.29, 0.717) is 19.6 Å². The van der Waals surface area contributed by atoms with Gasteiger partial charge >= 0.3 is 0 Å². The van der Waals surface area contributed by atoms with Crippen LogP contribution in [0.15, 0.2) is 0 Å². The average molecular weight is 141 g/mol. The van der Waals surface area contributed by atoms with Crippen LogP contribution in [-0.4, -0.2) is 24.4 Å². The maximum Gasteiger partial charge on any atom is 0.108 e. The predicted molar refractivity (Wildman–Crippen MR) is 35.2 cm³/mol. The van der Waals surface area contributed by atoms with Crippen molar-refractivity contribution in [1.29, 1.82) is 5.26 Å². The number of aliphatic hydroxyl groups is 1. The monoisotopic (exact) mass is 141 g/mol. The Morgan fingerprint density at radius 2 is 2.50 bits per heavy atom. The van der Waals surface area contributed by atoms with Gasteiger partial charge in [-0.25, -0.2) is 0 Å². The molecule has 56 valence electrons.